The van der Waals surface area contributed by atoms with E-state index in [1.165, 1.54) is 22.5 Å². The Morgan fingerprint density at radius 2 is 1.86 bits per heavy atom. The van der Waals surface area contributed by atoms with Gasteiger partial charge in [-0.1, -0.05) is 6.07 Å². The van der Waals surface area contributed by atoms with Gasteiger partial charge in [0, 0.05) is 12.1 Å². The fraction of sp³-hybridized carbons (Fsp3) is 0.538. The van der Waals surface area contributed by atoms with Crippen molar-refractivity contribution in [1.29, 1.82) is 0 Å². The molecule has 1 aromatic rings. The smallest absolute Gasteiger partial charge is 0.229 e. The first-order valence-electron chi connectivity index (χ1n) is 6.79. The quantitative estimate of drug-likeness (QED) is 0.829. The average Bonchev–Trinajstić information content (AvgIpc) is 3.14. The normalized spacial score (nSPS) is 25.3. The lowest BCUT2D eigenvalue weighted by Crippen LogP contribution is -2.42. The zero-order chi connectivity index (χ0) is 15.3. The van der Waals surface area contributed by atoms with E-state index in [4.69, 9.17) is 0 Å². The van der Waals surface area contributed by atoms with Gasteiger partial charge in [0.2, 0.25) is 10.0 Å². The molecule has 116 valence electrons. The summed E-state index contributed by atoms with van der Waals surface area (Å²) in [4.78, 5) is -0.112. The van der Waals surface area contributed by atoms with Gasteiger partial charge in [-0.05, 0) is 37.5 Å². The van der Waals surface area contributed by atoms with Crippen LogP contribution in [0, 0.1) is 5.82 Å². The van der Waals surface area contributed by atoms with E-state index in [1.54, 1.807) is 0 Å². The van der Waals surface area contributed by atoms with Crippen LogP contribution in [0.5, 0.6) is 0 Å². The summed E-state index contributed by atoms with van der Waals surface area (Å²) in [5.74, 6) is -0.747. The molecule has 1 unspecified atom stereocenters. The van der Waals surface area contributed by atoms with Gasteiger partial charge in [0.25, 0.3) is 0 Å². The van der Waals surface area contributed by atoms with E-state index in [-0.39, 0.29) is 22.4 Å². The summed E-state index contributed by atoms with van der Waals surface area (Å²) < 4.78 is 63.3. The predicted molar refractivity (Wildman–Crippen MR) is 75.5 cm³/mol. The van der Waals surface area contributed by atoms with Crippen LogP contribution in [0.15, 0.2) is 29.2 Å². The molecule has 1 aromatic carbocycles. The molecule has 1 saturated carbocycles. The first kappa shape index (κ1) is 14.9. The van der Waals surface area contributed by atoms with Gasteiger partial charge in [0.1, 0.15) is 5.82 Å². The summed E-state index contributed by atoms with van der Waals surface area (Å²) in [6, 6.07) is 4.16. The first-order chi connectivity index (χ1) is 9.79. The summed E-state index contributed by atoms with van der Waals surface area (Å²) in [5, 5.41) is 0. The monoisotopic (exact) mass is 333 g/mol. The maximum absolute atomic E-state index is 13.3. The summed E-state index contributed by atoms with van der Waals surface area (Å²) in [5.41, 5.74) is 0. The Balaban J connectivity index is 1.98. The summed E-state index contributed by atoms with van der Waals surface area (Å²) in [6.45, 7) is 0. The molecule has 5 nitrogen and oxygen atoms in total. The van der Waals surface area contributed by atoms with Crippen LogP contribution in [0.2, 0.25) is 0 Å². The minimum absolute atomic E-state index is 0.0134. The number of sulfone groups is 1. The Labute approximate surface area is 123 Å². The highest BCUT2D eigenvalue weighted by Crippen LogP contribution is 2.36. The number of rotatable bonds is 4. The van der Waals surface area contributed by atoms with Gasteiger partial charge in [-0.15, -0.1) is 0 Å². The first-order valence-corrected chi connectivity index (χ1v) is 10.1. The van der Waals surface area contributed by atoms with E-state index in [0.717, 1.165) is 18.9 Å². The summed E-state index contributed by atoms with van der Waals surface area (Å²) >= 11 is 0. The lowest BCUT2D eigenvalue weighted by Gasteiger charge is -2.27. The van der Waals surface area contributed by atoms with Crippen molar-refractivity contribution < 1.29 is 21.2 Å². The lowest BCUT2D eigenvalue weighted by molar-refractivity contribution is 0.332. The number of hydrogen-bond donors (Lipinski definition) is 0. The second-order valence-electron chi connectivity index (χ2n) is 5.58. The summed E-state index contributed by atoms with van der Waals surface area (Å²) in [6.07, 6.45) is 1.77. The van der Waals surface area contributed by atoms with E-state index < -0.39 is 31.7 Å². The van der Waals surface area contributed by atoms with Crippen LogP contribution >= 0.6 is 0 Å². The molecule has 1 aliphatic heterocycles. The number of hydrogen-bond acceptors (Lipinski definition) is 4. The molecular weight excluding hydrogens is 317 g/mol. The van der Waals surface area contributed by atoms with Crippen molar-refractivity contribution in [2.24, 2.45) is 0 Å². The molecule has 1 saturated heterocycles. The number of sulfonamides is 1. The maximum atomic E-state index is 13.3. The van der Waals surface area contributed by atoms with Gasteiger partial charge in [-0.2, -0.15) is 4.31 Å². The predicted octanol–water partition coefficient (Wildman–Crippen LogP) is 1.17. The van der Waals surface area contributed by atoms with E-state index in [2.05, 4.69) is 0 Å². The molecule has 0 N–H and O–H groups in total. The third kappa shape index (κ3) is 2.97. The van der Waals surface area contributed by atoms with E-state index in [9.17, 15) is 21.2 Å². The van der Waals surface area contributed by atoms with Crippen LogP contribution in [0.3, 0.4) is 0 Å². The molecule has 1 heterocycles. The molecule has 0 spiro atoms. The van der Waals surface area contributed by atoms with Crippen molar-refractivity contribution in [2.75, 3.05) is 11.5 Å². The Hall–Kier alpha value is -0.990. The van der Waals surface area contributed by atoms with Crippen LogP contribution in [-0.4, -0.2) is 44.7 Å². The molecule has 0 amide bonds. The van der Waals surface area contributed by atoms with E-state index in [1.807, 2.05) is 0 Å². The molecule has 1 atom stereocenters. The SMILES string of the molecule is O=S1(=O)CCC(N(C2CC2)S(=O)(=O)c2cccc(F)c2)C1. The van der Waals surface area contributed by atoms with Crippen molar-refractivity contribution in [3.63, 3.8) is 0 Å². The molecule has 8 heteroatoms. The Kier molecular flexibility index (Phi) is 3.58. The second-order valence-corrected chi connectivity index (χ2v) is 9.65. The van der Waals surface area contributed by atoms with Crippen molar-refractivity contribution in [2.45, 2.75) is 36.2 Å². The maximum Gasteiger partial charge on any atom is 0.243 e. The van der Waals surface area contributed by atoms with Crippen molar-refractivity contribution in [1.82, 2.24) is 4.31 Å². The number of nitrogens with zero attached hydrogens (tertiary/aromatic N) is 1. The molecule has 0 aromatic heterocycles. The average molecular weight is 333 g/mol. The Bertz CT molecular complexity index is 756. The number of benzene rings is 1. The molecule has 1 aliphatic carbocycles. The zero-order valence-corrected chi connectivity index (χ0v) is 12.9. The fourth-order valence-electron chi connectivity index (χ4n) is 2.74. The topological polar surface area (TPSA) is 71.5 Å². The third-order valence-electron chi connectivity index (χ3n) is 3.85. The largest absolute Gasteiger partial charge is 0.243 e. The minimum Gasteiger partial charge on any atom is -0.229 e. The van der Waals surface area contributed by atoms with Crippen molar-refractivity contribution in [3.8, 4) is 0 Å². The van der Waals surface area contributed by atoms with Gasteiger partial charge < -0.3 is 0 Å². The Morgan fingerprint density at radius 1 is 1.14 bits per heavy atom. The molecule has 3 rings (SSSR count). The standard InChI is InChI=1S/C13H16FNO4S2/c14-10-2-1-3-13(8-10)21(18,19)15(11-4-5-11)12-6-7-20(16,17)9-12/h1-3,8,11-12H,4-7,9H2. The molecule has 2 fully saturated rings. The lowest BCUT2D eigenvalue weighted by atomic mass is 10.2. The second kappa shape index (κ2) is 5.03. The van der Waals surface area contributed by atoms with Crippen LogP contribution < -0.4 is 0 Å². The van der Waals surface area contributed by atoms with E-state index in [0.29, 0.717) is 6.42 Å². The highest BCUT2D eigenvalue weighted by Gasteiger charge is 2.46. The molecular formula is C13H16FNO4S2. The van der Waals surface area contributed by atoms with Crippen molar-refractivity contribution in [3.05, 3.63) is 30.1 Å². The molecule has 0 radical (unpaired) electrons. The molecule has 0 bridgehead atoms. The highest BCUT2D eigenvalue weighted by molar-refractivity contribution is 7.92. The number of halogens is 1. The van der Waals surface area contributed by atoms with E-state index >= 15 is 0 Å². The summed E-state index contributed by atoms with van der Waals surface area (Å²) in [7, 11) is -7.04. The fourth-order valence-corrected chi connectivity index (χ4v) is 6.48. The van der Waals surface area contributed by atoms with Crippen LogP contribution in [-0.2, 0) is 19.9 Å². The van der Waals surface area contributed by atoms with Crippen molar-refractivity contribution >= 4 is 19.9 Å². The van der Waals surface area contributed by atoms with Gasteiger partial charge in [0.15, 0.2) is 9.84 Å². The third-order valence-corrected chi connectivity index (χ3v) is 7.60. The van der Waals surface area contributed by atoms with Gasteiger partial charge in [0.05, 0.1) is 16.4 Å². The molecule has 21 heavy (non-hydrogen) atoms. The minimum atomic E-state index is -3.87. The van der Waals surface area contributed by atoms with Gasteiger partial charge in [-0.25, -0.2) is 21.2 Å². The molecule has 2 aliphatic rings. The van der Waals surface area contributed by atoms with Crippen LogP contribution in [0.25, 0.3) is 0 Å². The van der Waals surface area contributed by atoms with Crippen LogP contribution in [0.1, 0.15) is 19.3 Å². The zero-order valence-electron chi connectivity index (χ0n) is 11.3. The Morgan fingerprint density at radius 3 is 2.38 bits per heavy atom. The van der Waals surface area contributed by atoms with Gasteiger partial charge >= 0.3 is 0 Å². The van der Waals surface area contributed by atoms with Gasteiger partial charge in [-0.3, -0.25) is 0 Å². The van der Waals surface area contributed by atoms with Crippen LogP contribution in [0.4, 0.5) is 4.39 Å². The highest BCUT2D eigenvalue weighted by atomic mass is 32.2.